The standard InChI is InChI=1S/C15H18FNO3/c1-11-10-20-9-8-17(11)15(19)7-6-14(18)12-4-2-3-5-13(12)16/h2-5,11H,6-10H2,1H3. The van der Waals surface area contributed by atoms with Crippen LogP contribution in [0.5, 0.6) is 0 Å². The Hall–Kier alpha value is -1.75. The molecule has 108 valence electrons. The van der Waals surface area contributed by atoms with Crippen LogP contribution in [-0.2, 0) is 9.53 Å². The molecule has 1 saturated heterocycles. The summed E-state index contributed by atoms with van der Waals surface area (Å²) in [5.41, 5.74) is 0.0512. The summed E-state index contributed by atoms with van der Waals surface area (Å²) in [6, 6.07) is 5.87. The molecular formula is C15H18FNO3. The Morgan fingerprint density at radius 1 is 1.35 bits per heavy atom. The Balaban J connectivity index is 1.90. The van der Waals surface area contributed by atoms with E-state index >= 15 is 0 Å². The highest BCUT2D eigenvalue weighted by molar-refractivity contribution is 5.98. The van der Waals surface area contributed by atoms with Gasteiger partial charge in [0.05, 0.1) is 24.8 Å². The predicted molar refractivity (Wildman–Crippen MR) is 72.0 cm³/mol. The van der Waals surface area contributed by atoms with Crippen LogP contribution in [0.2, 0.25) is 0 Å². The van der Waals surface area contributed by atoms with Crippen molar-refractivity contribution in [2.45, 2.75) is 25.8 Å². The van der Waals surface area contributed by atoms with E-state index in [-0.39, 0.29) is 36.1 Å². The molecule has 1 atom stereocenters. The van der Waals surface area contributed by atoms with Crippen molar-refractivity contribution in [2.75, 3.05) is 19.8 Å². The number of amides is 1. The number of carbonyl (C=O) groups excluding carboxylic acids is 2. The summed E-state index contributed by atoms with van der Waals surface area (Å²) in [4.78, 5) is 25.7. The van der Waals surface area contributed by atoms with Gasteiger partial charge in [0, 0.05) is 19.4 Å². The van der Waals surface area contributed by atoms with Crippen molar-refractivity contribution in [3.8, 4) is 0 Å². The number of rotatable bonds is 4. The Kier molecular flexibility index (Phi) is 4.84. The normalized spacial score (nSPS) is 18.9. The quantitative estimate of drug-likeness (QED) is 0.792. The third-order valence-corrected chi connectivity index (χ3v) is 3.43. The fourth-order valence-corrected chi connectivity index (χ4v) is 2.28. The highest BCUT2D eigenvalue weighted by Gasteiger charge is 2.24. The number of halogens is 1. The highest BCUT2D eigenvalue weighted by Crippen LogP contribution is 2.13. The van der Waals surface area contributed by atoms with Crippen LogP contribution < -0.4 is 0 Å². The second-order valence-electron chi connectivity index (χ2n) is 4.91. The molecule has 0 saturated carbocycles. The van der Waals surface area contributed by atoms with Gasteiger partial charge in [-0.3, -0.25) is 9.59 Å². The van der Waals surface area contributed by atoms with Gasteiger partial charge in [-0.05, 0) is 19.1 Å². The molecule has 0 aromatic heterocycles. The summed E-state index contributed by atoms with van der Waals surface area (Å²) in [5.74, 6) is -0.951. The molecule has 0 N–H and O–H groups in total. The summed E-state index contributed by atoms with van der Waals surface area (Å²) in [7, 11) is 0. The molecule has 1 aromatic rings. The lowest BCUT2D eigenvalue weighted by atomic mass is 10.1. The van der Waals surface area contributed by atoms with E-state index < -0.39 is 5.82 Å². The summed E-state index contributed by atoms with van der Waals surface area (Å²) < 4.78 is 18.7. The number of ketones is 1. The SMILES string of the molecule is CC1COCCN1C(=O)CCC(=O)c1ccccc1F. The number of hydrogen-bond acceptors (Lipinski definition) is 3. The fraction of sp³-hybridized carbons (Fsp3) is 0.467. The van der Waals surface area contributed by atoms with Gasteiger partial charge in [-0.1, -0.05) is 12.1 Å². The molecule has 0 aliphatic carbocycles. The Morgan fingerprint density at radius 2 is 2.10 bits per heavy atom. The lowest BCUT2D eigenvalue weighted by Gasteiger charge is -2.33. The predicted octanol–water partition coefficient (Wildman–Crippen LogP) is 2.04. The molecule has 1 aromatic carbocycles. The first-order valence-electron chi connectivity index (χ1n) is 6.74. The molecule has 1 heterocycles. The van der Waals surface area contributed by atoms with Gasteiger partial charge in [-0.2, -0.15) is 0 Å². The maximum Gasteiger partial charge on any atom is 0.223 e. The zero-order valence-electron chi connectivity index (χ0n) is 11.5. The number of ether oxygens (including phenoxy) is 1. The zero-order valence-corrected chi connectivity index (χ0v) is 11.5. The molecule has 1 aliphatic heterocycles. The zero-order chi connectivity index (χ0) is 14.5. The maximum absolute atomic E-state index is 13.4. The topological polar surface area (TPSA) is 46.6 Å². The average molecular weight is 279 g/mol. The van der Waals surface area contributed by atoms with Crippen molar-refractivity contribution in [1.29, 1.82) is 0 Å². The third kappa shape index (κ3) is 3.42. The molecule has 0 radical (unpaired) electrons. The molecule has 2 rings (SSSR count). The third-order valence-electron chi connectivity index (χ3n) is 3.43. The molecule has 1 unspecified atom stereocenters. The van der Waals surface area contributed by atoms with E-state index in [4.69, 9.17) is 4.74 Å². The lowest BCUT2D eigenvalue weighted by molar-refractivity contribution is -0.139. The summed E-state index contributed by atoms with van der Waals surface area (Å²) in [6.45, 7) is 3.51. The Morgan fingerprint density at radius 3 is 2.80 bits per heavy atom. The minimum Gasteiger partial charge on any atom is -0.377 e. The number of morpholine rings is 1. The van der Waals surface area contributed by atoms with Gasteiger partial charge in [0.2, 0.25) is 5.91 Å². The van der Waals surface area contributed by atoms with Crippen LogP contribution in [0.15, 0.2) is 24.3 Å². The Bertz CT molecular complexity index is 504. The van der Waals surface area contributed by atoms with Crippen molar-refractivity contribution >= 4 is 11.7 Å². The molecular weight excluding hydrogens is 261 g/mol. The van der Waals surface area contributed by atoms with E-state index in [0.717, 1.165) is 0 Å². The summed E-state index contributed by atoms with van der Waals surface area (Å²) >= 11 is 0. The molecule has 4 nitrogen and oxygen atoms in total. The van der Waals surface area contributed by atoms with Gasteiger partial charge < -0.3 is 9.64 Å². The molecule has 5 heteroatoms. The smallest absolute Gasteiger partial charge is 0.223 e. The fourth-order valence-electron chi connectivity index (χ4n) is 2.28. The summed E-state index contributed by atoms with van der Waals surface area (Å²) in [5, 5.41) is 0. The van der Waals surface area contributed by atoms with E-state index in [2.05, 4.69) is 0 Å². The van der Waals surface area contributed by atoms with Crippen LogP contribution in [0, 0.1) is 5.82 Å². The molecule has 0 bridgehead atoms. The molecule has 1 fully saturated rings. The average Bonchev–Trinajstić information content (AvgIpc) is 2.45. The number of nitrogens with zero attached hydrogens (tertiary/aromatic N) is 1. The molecule has 1 aliphatic rings. The van der Waals surface area contributed by atoms with Crippen molar-refractivity contribution in [2.24, 2.45) is 0 Å². The molecule has 0 spiro atoms. The van der Waals surface area contributed by atoms with Gasteiger partial charge in [0.15, 0.2) is 5.78 Å². The van der Waals surface area contributed by atoms with E-state index in [1.807, 2.05) is 6.92 Å². The first-order valence-corrected chi connectivity index (χ1v) is 6.74. The van der Waals surface area contributed by atoms with Crippen molar-refractivity contribution < 1.29 is 18.7 Å². The number of benzene rings is 1. The first kappa shape index (κ1) is 14.7. The van der Waals surface area contributed by atoms with E-state index in [9.17, 15) is 14.0 Å². The Labute approximate surface area is 117 Å². The van der Waals surface area contributed by atoms with Crippen molar-refractivity contribution in [3.05, 3.63) is 35.6 Å². The number of carbonyl (C=O) groups is 2. The maximum atomic E-state index is 13.4. The van der Waals surface area contributed by atoms with Gasteiger partial charge in [0.25, 0.3) is 0 Å². The van der Waals surface area contributed by atoms with E-state index in [0.29, 0.717) is 19.8 Å². The molecule has 1 amide bonds. The van der Waals surface area contributed by atoms with E-state index in [1.54, 1.807) is 11.0 Å². The largest absolute Gasteiger partial charge is 0.377 e. The van der Waals surface area contributed by atoms with Crippen LogP contribution in [0.3, 0.4) is 0 Å². The van der Waals surface area contributed by atoms with Gasteiger partial charge in [-0.25, -0.2) is 4.39 Å². The van der Waals surface area contributed by atoms with Crippen LogP contribution in [0.1, 0.15) is 30.1 Å². The van der Waals surface area contributed by atoms with Gasteiger partial charge >= 0.3 is 0 Å². The second-order valence-corrected chi connectivity index (χ2v) is 4.91. The molecule has 20 heavy (non-hydrogen) atoms. The van der Waals surface area contributed by atoms with Crippen LogP contribution in [0.25, 0.3) is 0 Å². The second kappa shape index (κ2) is 6.61. The summed E-state index contributed by atoms with van der Waals surface area (Å²) in [6.07, 6.45) is 0.140. The minimum atomic E-state index is -0.537. The van der Waals surface area contributed by atoms with Gasteiger partial charge in [-0.15, -0.1) is 0 Å². The lowest BCUT2D eigenvalue weighted by Crippen LogP contribution is -2.47. The number of hydrogen-bond donors (Lipinski definition) is 0. The highest BCUT2D eigenvalue weighted by atomic mass is 19.1. The number of Topliss-reactive ketones (excluding diaryl/α,β-unsaturated/α-hetero) is 1. The van der Waals surface area contributed by atoms with Crippen LogP contribution in [-0.4, -0.2) is 42.4 Å². The first-order chi connectivity index (χ1) is 9.59. The van der Waals surface area contributed by atoms with Crippen LogP contribution >= 0.6 is 0 Å². The minimum absolute atomic E-state index is 0.0276. The van der Waals surface area contributed by atoms with Crippen LogP contribution in [0.4, 0.5) is 4.39 Å². The monoisotopic (exact) mass is 279 g/mol. The van der Waals surface area contributed by atoms with E-state index in [1.165, 1.54) is 18.2 Å². The van der Waals surface area contributed by atoms with Crippen molar-refractivity contribution in [1.82, 2.24) is 4.90 Å². The van der Waals surface area contributed by atoms with Crippen molar-refractivity contribution in [3.63, 3.8) is 0 Å². The van der Waals surface area contributed by atoms with Gasteiger partial charge in [0.1, 0.15) is 5.82 Å².